The van der Waals surface area contributed by atoms with Crippen molar-refractivity contribution in [2.45, 2.75) is 25.5 Å². The highest BCUT2D eigenvalue weighted by atomic mass is 35.5. The topological polar surface area (TPSA) is 51.5 Å². The number of fused-ring (bicyclic) bond motifs is 1. The van der Waals surface area contributed by atoms with E-state index in [0.29, 0.717) is 13.0 Å². The smallest absolute Gasteiger partial charge is 0.167 e. The Morgan fingerprint density at radius 1 is 0.970 bits per heavy atom. The van der Waals surface area contributed by atoms with Crippen molar-refractivity contribution < 1.29 is 23.4 Å². The van der Waals surface area contributed by atoms with Gasteiger partial charge in [-0.2, -0.15) is 0 Å². The Morgan fingerprint density at radius 2 is 1.70 bits per heavy atom. The number of ketones is 1. The Bertz CT molecular complexity index is 1220. The molecule has 4 aromatic rings. The molecule has 0 aliphatic heterocycles. The first kappa shape index (κ1) is 24.4. The van der Waals surface area contributed by atoms with Gasteiger partial charge in [-0.3, -0.25) is 4.79 Å². The van der Waals surface area contributed by atoms with Gasteiger partial charge in [-0.25, -0.2) is 8.78 Å². The van der Waals surface area contributed by atoms with Crippen molar-refractivity contribution in [2.24, 2.45) is 0 Å². The van der Waals surface area contributed by atoms with Crippen LogP contribution >= 0.6 is 12.4 Å². The van der Waals surface area contributed by atoms with Crippen LogP contribution in [0.3, 0.4) is 0 Å². The van der Waals surface area contributed by atoms with Crippen LogP contribution in [0.4, 0.5) is 8.78 Å². The molecule has 172 valence electrons. The van der Waals surface area contributed by atoms with Crippen molar-refractivity contribution in [3.63, 3.8) is 0 Å². The number of halogens is 3. The molecule has 0 aliphatic rings. The number of Topliss-reactive ketones (excluding diaryl/α,β-unsaturated/α-hetero) is 1. The Hall–Kier alpha value is -3.22. The Labute approximate surface area is 196 Å². The van der Waals surface area contributed by atoms with Crippen LogP contribution < -0.4 is 4.74 Å². The summed E-state index contributed by atoms with van der Waals surface area (Å²) in [4.78, 5) is 12.7. The molecule has 1 unspecified atom stereocenters. The molecular formula is C26H24ClF2NO3. The zero-order valence-corrected chi connectivity index (χ0v) is 18.6. The lowest BCUT2D eigenvalue weighted by atomic mass is 10.0. The molecule has 1 N–H and O–H groups in total. The molecule has 0 amide bonds. The van der Waals surface area contributed by atoms with Gasteiger partial charge in [-0.15, -0.1) is 12.4 Å². The van der Waals surface area contributed by atoms with E-state index in [1.165, 1.54) is 24.3 Å². The number of rotatable bonds is 9. The van der Waals surface area contributed by atoms with Gasteiger partial charge in [-0.1, -0.05) is 30.3 Å². The molecular weight excluding hydrogens is 448 g/mol. The van der Waals surface area contributed by atoms with Crippen LogP contribution in [0.25, 0.3) is 10.9 Å². The molecule has 4 rings (SSSR count). The van der Waals surface area contributed by atoms with E-state index in [9.17, 15) is 18.7 Å². The second-order valence-electron chi connectivity index (χ2n) is 7.68. The average Bonchev–Trinajstić information content (AvgIpc) is 3.20. The first-order valence-electron chi connectivity index (χ1n) is 10.4. The number of aliphatic hydroxyl groups excluding tert-OH is 1. The minimum Gasteiger partial charge on any atom is -0.490 e. The highest BCUT2D eigenvalue weighted by Crippen LogP contribution is 2.23. The number of nitrogens with zero attached hydrogens (tertiary/aromatic N) is 1. The summed E-state index contributed by atoms with van der Waals surface area (Å²) in [5.74, 6) is -0.934. The van der Waals surface area contributed by atoms with Crippen molar-refractivity contribution >= 4 is 29.1 Å². The lowest BCUT2D eigenvalue weighted by Gasteiger charge is -2.16. The van der Waals surface area contributed by atoms with E-state index < -0.39 is 11.9 Å². The molecule has 0 saturated heterocycles. The monoisotopic (exact) mass is 471 g/mol. The van der Waals surface area contributed by atoms with Gasteiger partial charge in [-0.05, 0) is 59.8 Å². The van der Waals surface area contributed by atoms with Crippen LogP contribution in [0, 0.1) is 11.6 Å². The third kappa shape index (κ3) is 6.18. The van der Waals surface area contributed by atoms with Gasteiger partial charge in [0.15, 0.2) is 5.78 Å². The second kappa shape index (κ2) is 11.1. The quantitative estimate of drug-likeness (QED) is 0.323. The van der Waals surface area contributed by atoms with Crippen LogP contribution in [-0.2, 0) is 13.0 Å². The van der Waals surface area contributed by atoms with Gasteiger partial charge >= 0.3 is 0 Å². The maximum absolute atomic E-state index is 13.8. The van der Waals surface area contributed by atoms with E-state index in [1.54, 1.807) is 12.1 Å². The van der Waals surface area contributed by atoms with E-state index in [4.69, 9.17) is 4.74 Å². The van der Waals surface area contributed by atoms with Crippen molar-refractivity contribution in [3.8, 4) is 5.75 Å². The second-order valence-corrected chi connectivity index (χ2v) is 7.68. The summed E-state index contributed by atoms with van der Waals surface area (Å²) >= 11 is 0. The molecule has 3 aromatic carbocycles. The Balaban J connectivity index is 0.00000306. The van der Waals surface area contributed by atoms with Gasteiger partial charge in [0.25, 0.3) is 0 Å². The van der Waals surface area contributed by atoms with Crippen molar-refractivity contribution in [3.05, 3.63) is 102 Å². The lowest BCUT2D eigenvalue weighted by molar-refractivity contribution is 0.0895. The van der Waals surface area contributed by atoms with Crippen LogP contribution in [-0.4, -0.2) is 28.2 Å². The third-order valence-corrected chi connectivity index (χ3v) is 5.31. The zero-order chi connectivity index (χ0) is 22.5. The van der Waals surface area contributed by atoms with Gasteiger partial charge in [0.1, 0.15) is 30.1 Å². The fourth-order valence-electron chi connectivity index (χ4n) is 3.66. The van der Waals surface area contributed by atoms with Crippen molar-refractivity contribution in [1.29, 1.82) is 0 Å². The number of para-hydroxylation sites is 1. The summed E-state index contributed by atoms with van der Waals surface area (Å²) in [6.07, 6.45) is 1.61. The van der Waals surface area contributed by atoms with Crippen molar-refractivity contribution in [2.75, 3.05) is 6.61 Å². The first-order valence-corrected chi connectivity index (χ1v) is 10.4. The zero-order valence-electron chi connectivity index (χ0n) is 17.8. The molecule has 0 aliphatic carbocycles. The van der Waals surface area contributed by atoms with Gasteiger partial charge in [0.2, 0.25) is 0 Å². The molecule has 0 radical (unpaired) electrons. The van der Waals surface area contributed by atoms with E-state index in [2.05, 4.69) is 0 Å². The van der Waals surface area contributed by atoms with Crippen LogP contribution in [0.2, 0.25) is 0 Å². The number of aryl methyl sites for hydroxylation is 1. The normalized spacial score (nSPS) is 11.7. The molecule has 0 saturated carbocycles. The molecule has 4 nitrogen and oxygen atoms in total. The molecule has 7 heteroatoms. The first-order chi connectivity index (χ1) is 15.5. The number of ether oxygens (including phenoxy) is 1. The molecule has 1 aromatic heterocycles. The molecule has 1 heterocycles. The number of benzene rings is 3. The minimum atomic E-state index is -0.821. The predicted octanol–water partition coefficient (Wildman–Crippen LogP) is 5.60. The SMILES string of the molecule is Cl.O=C(CCc1ccc(F)cc1)c1cc(F)ccc1OCC(O)Cn1ccc2ccccc21. The van der Waals surface area contributed by atoms with Crippen LogP contribution in [0.1, 0.15) is 22.3 Å². The standard InChI is InChI=1S/C26H23F2NO3.ClH/c27-20-8-5-18(6-9-20)7-11-25(31)23-15-21(28)10-12-26(23)32-17-22(30)16-29-14-13-19-3-1-2-4-24(19)29;/h1-6,8-10,12-15,22,30H,7,11,16-17H2;1H. The summed E-state index contributed by atoms with van der Waals surface area (Å²) in [6, 6.07) is 19.5. The Morgan fingerprint density at radius 3 is 2.48 bits per heavy atom. The van der Waals surface area contributed by atoms with E-state index in [-0.39, 0.29) is 48.3 Å². The number of carbonyl (C=O) groups excluding carboxylic acids is 1. The van der Waals surface area contributed by atoms with Crippen molar-refractivity contribution in [1.82, 2.24) is 4.57 Å². The molecule has 33 heavy (non-hydrogen) atoms. The summed E-state index contributed by atoms with van der Waals surface area (Å²) in [5, 5.41) is 11.5. The predicted molar refractivity (Wildman–Crippen MR) is 126 cm³/mol. The number of hydrogen-bond acceptors (Lipinski definition) is 3. The molecule has 0 spiro atoms. The lowest BCUT2D eigenvalue weighted by Crippen LogP contribution is -2.23. The summed E-state index contributed by atoms with van der Waals surface area (Å²) in [7, 11) is 0. The summed E-state index contributed by atoms with van der Waals surface area (Å²) in [5.41, 5.74) is 1.95. The van der Waals surface area contributed by atoms with E-state index >= 15 is 0 Å². The van der Waals surface area contributed by atoms with Gasteiger partial charge < -0.3 is 14.4 Å². The van der Waals surface area contributed by atoms with Gasteiger partial charge in [0.05, 0.1) is 12.1 Å². The molecule has 1 atom stereocenters. The maximum atomic E-state index is 13.8. The maximum Gasteiger partial charge on any atom is 0.167 e. The van der Waals surface area contributed by atoms with E-state index in [0.717, 1.165) is 22.5 Å². The minimum absolute atomic E-state index is 0. The summed E-state index contributed by atoms with van der Waals surface area (Å²) < 4.78 is 34.5. The number of carbonyl (C=O) groups is 1. The third-order valence-electron chi connectivity index (χ3n) is 5.31. The van der Waals surface area contributed by atoms with Gasteiger partial charge in [0, 0.05) is 18.1 Å². The Kier molecular flexibility index (Phi) is 8.20. The molecule has 0 bridgehead atoms. The highest BCUT2D eigenvalue weighted by Gasteiger charge is 2.16. The number of aliphatic hydroxyl groups is 1. The average molecular weight is 472 g/mol. The molecule has 0 fully saturated rings. The largest absolute Gasteiger partial charge is 0.490 e. The van der Waals surface area contributed by atoms with Crippen LogP contribution in [0.15, 0.2) is 79.0 Å². The number of hydrogen-bond donors (Lipinski definition) is 1. The van der Waals surface area contributed by atoms with E-state index in [1.807, 2.05) is 41.1 Å². The highest BCUT2D eigenvalue weighted by molar-refractivity contribution is 5.98. The summed E-state index contributed by atoms with van der Waals surface area (Å²) in [6.45, 7) is 0.277. The number of aromatic nitrogens is 1. The fourth-order valence-corrected chi connectivity index (χ4v) is 3.66. The fraction of sp³-hybridized carbons (Fsp3) is 0.192. The van der Waals surface area contributed by atoms with Crippen LogP contribution in [0.5, 0.6) is 5.75 Å².